The second-order valence-corrected chi connectivity index (χ2v) is 6.57. The lowest BCUT2D eigenvalue weighted by Gasteiger charge is -2.23. The van der Waals surface area contributed by atoms with E-state index >= 15 is 0 Å². The number of carbonyl (C=O) groups excluding carboxylic acids is 1. The first-order valence-electron chi connectivity index (χ1n) is 8.31. The van der Waals surface area contributed by atoms with Gasteiger partial charge in [0.05, 0.1) is 0 Å². The van der Waals surface area contributed by atoms with Gasteiger partial charge < -0.3 is 10.6 Å². The highest BCUT2D eigenvalue weighted by atomic mass is 16.2. The van der Waals surface area contributed by atoms with E-state index in [4.69, 9.17) is 0 Å². The summed E-state index contributed by atoms with van der Waals surface area (Å²) in [5, 5.41) is 9.14. The van der Waals surface area contributed by atoms with E-state index < -0.39 is 0 Å². The Morgan fingerprint density at radius 1 is 1.14 bits per heavy atom. The van der Waals surface area contributed by atoms with Crippen LogP contribution in [-0.2, 0) is 4.79 Å². The van der Waals surface area contributed by atoms with E-state index in [9.17, 15) is 4.79 Å². The quantitative estimate of drug-likeness (QED) is 0.914. The number of amides is 1. The summed E-state index contributed by atoms with van der Waals surface area (Å²) in [6, 6.07) is 15.2. The van der Waals surface area contributed by atoms with Crippen LogP contribution in [0, 0.1) is 5.92 Å². The predicted octanol–water partition coefficient (Wildman–Crippen LogP) is 2.81. The summed E-state index contributed by atoms with van der Waals surface area (Å²) in [4.78, 5) is 12.5. The predicted molar refractivity (Wildman–Crippen MR) is 88.8 cm³/mol. The number of piperidine rings is 1. The number of hydrogen-bond acceptors (Lipinski definition) is 2. The number of fused-ring (bicyclic) bond motifs is 1. The number of rotatable bonds is 3. The maximum absolute atomic E-state index is 12.5. The zero-order valence-electron chi connectivity index (χ0n) is 12.7. The summed E-state index contributed by atoms with van der Waals surface area (Å²) < 4.78 is 0. The van der Waals surface area contributed by atoms with Gasteiger partial charge in [-0.2, -0.15) is 0 Å². The van der Waals surface area contributed by atoms with Crippen molar-refractivity contribution in [1.29, 1.82) is 0 Å². The number of hydrogen-bond donors (Lipinski definition) is 2. The third-order valence-corrected chi connectivity index (χ3v) is 4.99. The van der Waals surface area contributed by atoms with Crippen LogP contribution in [-0.4, -0.2) is 25.0 Å². The highest BCUT2D eigenvalue weighted by Gasteiger charge is 2.44. The van der Waals surface area contributed by atoms with Gasteiger partial charge in [0, 0.05) is 18.5 Å². The van der Waals surface area contributed by atoms with Crippen LogP contribution in [0.2, 0.25) is 0 Å². The molecule has 22 heavy (non-hydrogen) atoms. The van der Waals surface area contributed by atoms with Crippen LogP contribution in [0.3, 0.4) is 0 Å². The molecular formula is C19H22N2O. The highest BCUT2D eigenvalue weighted by Crippen LogP contribution is 2.49. The fraction of sp³-hybridized carbons (Fsp3) is 0.421. The fourth-order valence-electron chi connectivity index (χ4n) is 3.69. The molecule has 0 aromatic heterocycles. The standard InChI is InChI=1S/C19H22N2O/c22-19(21-14-7-4-10-20-12-14)18-11-17(18)16-9-3-6-13-5-1-2-8-15(13)16/h1-3,5-6,8-9,14,17-18,20H,4,7,10-12H2,(H,21,22). The van der Waals surface area contributed by atoms with Gasteiger partial charge >= 0.3 is 0 Å². The Balaban J connectivity index is 1.47. The second kappa shape index (κ2) is 5.73. The molecule has 2 N–H and O–H groups in total. The molecule has 3 atom stereocenters. The molecule has 1 aliphatic heterocycles. The number of carbonyl (C=O) groups is 1. The van der Waals surface area contributed by atoms with E-state index in [-0.39, 0.29) is 11.8 Å². The van der Waals surface area contributed by atoms with E-state index in [0.717, 1.165) is 32.4 Å². The molecule has 1 saturated carbocycles. The summed E-state index contributed by atoms with van der Waals surface area (Å²) >= 11 is 0. The van der Waals surface area contributed by atoms with Crippen molar-refractivity contribution in [3.63, 3.8) is 0 Å². The van der Waals surface area contributed by atoms with Crippen LogP contribution in [0.1, 0.15) is 30.7 Å². The molecular weight excluding hydrogens is 272 g/mol. The van der Waals surface area contributed by atoms with Gasteiger partial charge in [0.1, 0.15) is 0 Å². The van der Waals surface area contributed by atoms with Gasteiger partial charge in [0.25, 0.3) is 0 Å². The van der Waals surface area contributed by atoms with Crippen LogP contribution in [0.4, 0.5) is 0 Å². The van der Waals surface area contributed by atoms with Crippen molar-refractivity contribution in [2.45, 2.75) is 31.2 Å². The zero-order valence-corrected chi connectivity index (χ0v) is 12.7. The molecule has 0 spiro atoms. The molecule has 1 saturated heterocycles. The fourth-order valence-corrected chi connectivity index (χ4v) is 3.69. The monoisotopic (exact) mass is 294 g/mol. The van der Waals surface area contributed by atoms with Crippen molar-refractivity contribution < 1.29 is 4.79 Å². The lowest BCUT2D eigenvalue weighted by Crippen LogP contribution is -2.46. The Kier molecular flexibility index (Phi) is 3.59. The Labute approximate surface area is 131 Å². The molecule has 3 heteroatoms. The molecule has 2 aromatic carbocycles. The summed E-state index contributed by atoms with van der Waals surface area (Å²) in [5.41, 5.74) is 1.33. The van der Waals surface area contributed by atoms with Gasteiger partial charge in [-0.25, -0.2) is 0 Å². The first kappa shape index (κ1) is 13.8. The van der Waals surface area contributed by atoms with Crippen molar-refractivity contribution in [2.75, 3.05) is 13.1 Å². The van der Waals surface area contributed by atoms with Crippen LogP contribution in [0.15, 0.2) is 42.5 Å². The summed E-state index contributed by atoms with van der Waals surface area (Å²) in [6.07, 6.45) is 3.24. The summed E-state index contributed by atoms with van der Waals surface area (Å²) in [6.45, 7) is 1.99. The lowest BCUT2D eigenvalue weighted by molar-refractivity contribution is -0.123. The van der Waals surface area contributed by atoms with Crippen molar-refractivity contribution >= 4 is 16.7 Å². The lowest BCUT2D eigenvalue weighted by atomic mass is 10.00. The first-order chi connectivity index (χ1) is 10.8. The van der Waals surface area contributed by atoms with Crippen molar-refractivity contribution in [3.8, 4) is 0 Å². The Bertz CT molecular complexity index is 685. The van der Waals surface area contributed by atoms with Crippen LogP contribution >= 0.6 is 0 Å². The minimum Gasteiger partial charge on any atom is -0.352 e. The van der Waals surface area contributed by atoms with E-state index in [1.807, 2.05) is 0 Å². The molecule has 1 aliphatic carbocycles. The Morgan fingerprint density at radius 2 is 2.00 bits per heavy atom. The topological polar surface area (TPSA) is 41.1 Å². The third kappa shape index (κ3) is 2.61. The van der Waals surface area contributed by atoms with Crippen molar-refractivity contribution in [1.82, 2.24) is 10.6 Å². The van der Waals surface area contributed by atoms with Crippen molar-refractivity contribution in [3.05, 3.63) is 48.0 Å². The third-order valence-electron chi connectivity index (χ3n) is 4.99. The van der Waals surface area contributed by atoms with Gasteiger partial charge in [-0.15, -0.1) is 0 Å². The normalized spacial score (nSPS) is 27.5. The van der Waals surface area contributed by atoms with Crippen LogP contribution in [0.25, 0.3) is 10.8 Å². The molecule has 3 nitrogen and oxygen atoms in total. The van der Waals surface area contributed by atoms with Gasteiger partial charge in [0.15, 0.2) is 0 Å². The largest absolute Gasteiger partial charge is 0.352 e. The van der Waals surface area contributed by atoms with E-state index in [1.54, 1.807) is 0 Å². The molecule has 2 fully saturated rings. The molecule has 1 amide bonds. The first-order valence-corrected chi connectivity index (χ1v) is 8.31. The van der Waals surface area contributed by atoms with Gasteiger partial charge in [-0.1, -0.05) is 42.5 Å². The maximum atomic E-state index is 12.5. The molecule has 1 heterocycles. The maximum Gasteiger partial charge on any atom is 0.224 e. The van der Waals surface area contributed by atoms with Gasteiger partial charge in [-0.05, 0) is 48.1 Å². The smallest absolute Gasteiger partial charge is 0.224 e. The SMILES string of the molecule is O=C(NC1CCCNC1)C1CC1c1cccc2ccccc12. The molecule has 0 bridgehead atoms. The highest BCUT2D eigenvalue weighted by molar-refractivity contribution is 5.89. The molecule has 3 unspecified atom stereocenters. The summed E-state index contributed by atoms with van der Waals surface area (Å²) in [7, 11) is 0. The number of nitrogens with one attached hydrogen (secondary N) is 2. The van der Waals surface area contributed by atoms with Crippen LogP contribution in [0.5, 0.6) is 0 Å². The van der Waals surface area contributed by atoms with E-state index in [0.29, 0.717) is 12.0 Å². The van der Waals surface area contributed by atoms with Crippen molar-refractivity contribution in [2.24, 2.45) is 5.92 Å². The Morgan fingerprint density at radius 3 is 2.86 bits per heavy atom. The minimum absolute atomic E-state index is 0.160. The molecule has 2 aromatic rings. The number of benzene rings is 2. The molecule has 2 aliphatic rings. The van der Waals surface area contributed by atoms with Gasteiger partial charge in [0.2, 0.25) is 5.91 Å². The second-order valence-electron chi connectivity index (χ2n) is 6.57. The zero-order chi connectivity index (χ0) is 14.9. The Hall–Kier alpha value is -1.87. The average molecular weight is 294 g/mol. The summed E-state index contributed by atoms with van der Waals surface area (Å²) in [5.74, 6) is 0.794. The molecule has 114 valence electrons. The van der Waals surface area contributed by atoms with Crippen LogP contribution < -0.4 is 10.6 Å². The van der Waals surface area contributed by atoms with E-state index in [1.165, 1.54) is 16.3 Å². The van der Waals surface area contributed by atoms with E-state index in [2.05, 4.69) is 53.1 Å². The molecule has 0 radical (unpaired) electrons. The average Bonchev–Trinajstić information content (AvgIpc) is 3.36. The van der Waals surface area contributed by atoms with Gasteiger partial charge in [-0.3, -0.25) is 4.79 Å². The minimum atomic E-state index is 0.160. The molecule has 4 rings (SSSR count).